The monoisotopic (exact) mass is 531 g/mol. The van der Waals surface area contributed by atoms with Crippen LogP contribution in [0.5, 0.6) is 5.75 Å². The zero-order valence-corrected chi connectivity index (χ0v) is 22.1. The van der Waals surface area contributed by atoms with Crippen LogP contribution >= 0.6 is 12.2 Å². The number of nitrogens with one attached hydrogen (secondary N) is 1. The van der Waals surface area contributed by atoms with Gasteiger partial charge >= 0.3 is 0 Å². The van der Waals surface area contributed by atoms with Crippen LogP contribution < -0.4 is 15.0 Å². The van der Waals surface area contributed by atoms with E-state index >= 15 is 0 Å². The van der Waals surface area contributed by atoms with Gasteiger partial charge in [0.05, 0.1) is 41.6 Å². The summed E-state index contributed by atoms with van der Waals surface area (Å²) in [6, 6.07) is 16.8. The molecule has 0 spiro atoms. The van der Waals surface area contributed by atoms with E-state index in [4.69, 9.17) is 17.0 Å². The molecule has 0 saturated carbocycles. The van der Waals surface area contributed by atoms with Crippen molar-refractivity contribution < 1.29 is 14.1 Å². The van der Waals surface area contributed by atoms with Crippen molar-refractivity contribution in [1.29, 1.82) is 0 Å². The molecule has 8 nitrogen and oxygen atoms in total. The number of benzene rings is 2. The number of anilines is 1. The fraction of sp³-hybridized carbons (Fsp3) is 0.214. The molecule has 4 aromatic rings. The summed E-state index contributed by atoms with van der Waals surface area (Å²) in [5, 5.41) is 15.3. The van der Waals surface area contributed by atoms with Gasteiger partial charge in [-0.1, -0.05) is 6.07 Å². The maximum Gasteiger partial charge on any atom is 0.273 e. The Kier molecular flexibility index (Phi) is 6.58. The van der Waals surface area contributed by atoms with Gasteiger partial charge in [-0.25, -0.2) is 4.39 Å². The zero-order valence-electron chi connectivity index (χ0n) is 21.3. The number of nitro benzene ring substituents is 1. The van der Waals surface area contributed by atoms with Gasteiger partial charge < -0.3 is 19.5 Å². The summed E-state index contributed by atoms with van der Waals surface area (Å²) in [4.78, 5) is 17.5. The molecule has 2 aromatic heterocycles. The second kappa shape index (κ2) is 9.86. The van der Waals surface area contributed by atoms with Gasteiger partial charge in [0.1, 0.15) is 11.6 Å². The molecule has 38 heavy (non-hydrogen) atoms. The lowest BCUT2D eigenvalue weighted by molar-refractivity contribution is -0.384. The largest absolute Gasteiger partial charge is 0.494 e. The molecule has 1 saturated heterocycles. The van der Waals surface area contributed by atoms with Gasteiger partial charge in [0.2, 0.25) is 0 Å². The molecule has 3 heterocycles. The summed E-state index contributed by atoms with van der Waals surface area (Å²) in [5.41, 5.74) is 5.55. The molecule has 0 unspecified atom stereocenters. The number of pyridine rings is 1. The Hall–Kier alpha value is -4.31. The van der Waals surface area contributed by atoms with E-state index in [9.17, 15) is 14.5 Å². The number of nitro groups is 1. The van der Waals surface area contributed by atoms with Crippen LogP contribution in [0.25, 0.3) is 5.69 Å². The summed E-state index contributed by atoms with van der Waals surface area (Å²) < 4.78 is 21.7. The van der Waals surface area contributed by atoms with Gasteiger partial charge in [-0.2, -0.15) is 0 Å². The van der Waals surface area contributed by atoms with Crippen LogP contribution in [0, 0.1) is 36.7 Å². The third kappa shape index (κ3) is 4.26. The highest BCUT2D eigenvalue weighted by atomic mass is 32.1. The first-order chi connectivity index (χ1) is 18.2. The van der Waals surface area contributed by atoms with Crippen molar-refractivity contribution in [2.24, 2.45) is 0 Å². The summed E-state index contributed by atoms with van der Waals surface area (Å²) in [6.07, 6.45) is 1.74. The van der Waals surface area contributed by atoms with E-state index in [1.54, 1.807) is 31.3 Å². The highest BCUT2D eigenvalue weighted by Crippen LogP contribution is 2.44. The lowest BCUT2D eigenvalue weighted by Gasteiger charge is -2.28. The standard InChI is InChI=1S/C28H26FN5O3S/c1-16-13-19(8-10-22(16)29)33-27(26(31-28(33)38)23-7-5-6-12-30-23)21-14-17(2)32(18(21)3)24-11-9-20(34(35)36)15-25(24)37-4/h5-15,26-27H,1-4H3,(H,31,38)/t26-,27+/m0/s1. The van der Waals surface area contributed by atoms with Gasteiger partial charge in [-0.05, 0) is 86.6 Å². The number of halogens is 1. The first kappa shape index (κ1) is 25.3. The summed E-state index contributed by atoms with van der Waals surface area (Å²) >= 11 is 5.81. The SMILES string of the molecule is COc1cc([N+](=O)[O-])ccc1-n1c(C)cc([C@@H]2[C@H](c3ccccn3)NC(=S)N2c2ccc(F)c(C)c2)c1C. The third-order valence-electron chi connectivity index (χ3n) is 6.92. The van der Waals surface area contributed by atoms with Crippen LogP contribution in [0.15, 0.2) is 66.9 Å². The van der Waals surface area contributed by atoms with Crippen molar-refractivity contribution in [2.75, 3.05) is 12.0 Å². The fourth-order valence-electron chi connectivity index (χ4n) is 5.15. The Morgan fingerprint density at radius 2 is 1.89 bits per heavy atom. The number of hydrogen-bond donors (Lipinski definition) is 1. The molecule has 5 rings (SSSR count). The lowest BCUT2D eigenvalue weighted by atomic mass is 9.96. The van der Waals surface area contributed by atoms with Crippen molar-refractivity contribution in [3.8, 4) is 11.4 Å². The number of hydrogen-bond acceptors (Lipinski definition) is 5. The normalized spacial score (nSPS) is 17.0. The van der Waals surface area contributed by atoms with Crippen LogP contribution in [0.2, 0.25) is 0 Å². The van der Waals surface area contributed by atoms with Crippen LogP contribution in [-0.4, -0.2) is 26.7 Å². The van der Waals surface area contributed by atoms with E-state index in [1.165, 1.54) is 25.3 Å². The molecular formula is C28H26FN5O3S. The molecule has 2 atom stereocenters. The minimum absolute atomic E-state index is 0.0494. The minimum atomic E-state index is -0.446. The van der Waals surface area contributed by atoms with Crippen molar-refractivity contribution in [3.05, 3.63) is 111 Å². The smallest absolute Gasteiger partial charge is 0.273 e. The third-order valence-corrected chi connectivity index (χ3v) is 7.24. The van der Waals surface area contributed by atoms with Gasteiger partial charge in [0.15, 0.2) is 5.11 Å². The van der Waals surface area contributed by atoms with Crippen LogP contribution in [0.4, 0.5) is 15.8 Å². The number of ether oxygens (including phenoxy) is 1. The van der Waals surface area contributed by atoms with E-state index in [0.29, 0.717) is 22.1 Å². The molecule has 1 aliphatic heterocycles. The van der Waals surface area contributed by atoms with Gasteiger partial charge in [0.25, 0.3) is 5.69 Å². The molecular weight excluding hydrogens is 505 g/mol. The minimum Gasteiger partial charge on any atom is -0.494 e. The lowest BCUT2D eigenvalue weighted by Crippen LogP contribution is -2.29. The number of non-ortho nitro benzene ring substituents is 1. The van der Waals surface area contributed by atoms with Crippen molar-refractivity contribution in [2.45, 2.75) is 32.9 Å². The molecule has 2 aromatic carbocycles. The number of thiocarbonyl (C=S) groups is 1. The fourth-order valence-corrected chi connectivity index (χ4v) is 5.50. The maximum absolute atomic E-state index is 14.2. The zero-order chi connectivity index (χ0) is 27.1. The molecule has 1 aliphatic rings. The van der Waals surface area contributed by atoms with Gasteiger partial charge in [-0.3, -0.25) is 15.1 Å². The first-order valence-corrected chi connectivity index (χ1v) is 12.4. The Bertz CT molecular complexity index is 1560. The summed E-state index contributed by atoms with van der Waals surface area (Å²) in [6.45, 7) is 5.69. The topological polar surface area (TPSA) is 85.5 Å². The van der Waals surface area contributed by atoms with E-state index in [-0.39, 0.29) is 23.6 Å². The molecule has 0 aliphatic carbocycles. The molecule has 10 heteroatoms. The Balaban J connectivity index is 1.69. The second-order valence-corrected chi connectivity index (χ2v) is 9.59. The van der Waals surface area contributed by atoms with Crippen molar-refractivity contribution in [3.63, 3.8) is 0 Å². The number of aryl methyl sites for hydroxylation is 2. The molecule has 1 N–H and O–H groups in total. The first-order valence-electron chi connectivity index (χ1n) is 12.0. The molecule has 1 fully saturated rings. The van der Waals surface area contributed by atoms with Crippen LogP contribution in [-0.2, 0) is 0 Å². The number of methoxy groups -OCH3 is 1. The highest BCUT2D eigenvalue weighted by Gasteiger charge is 2.42. The predicted molar refractivity (Wildman–Crippen MR) is 148 cm³/mol. The van der Waals surface area contributed by atoms with Crippen LogP contribution in [0.3, 0.4) is 0 Å². The maximum atomic E-state index is 14.2. The van der Waals surface area contributed by atoms with E-state index in [0.717, 1.165) is 28.3 Å². The van der Waals surface area contributed by atoms with Gasteiger partial charge in [0, 0.05) is 29.3 Å². The van der Waals surface area contributed by atoms with E-state index in [2.05, 4.69) is 16.4 Å². The van der Waals surface area contributed by atoms with Gasteiger partial charge in [-0.15, -0.1) is 0 Å². The molecule has 0 radical (unpaired) electrons. The van der Waals surface area contributed by atoms with Crippen molar-refractivity contribution in [1.82, 2.24) is 14.9 Å². The second-order valence-electron chi connectivity index (χ2n) is 9.21. The average molecular weight is 532 g/mol. The van der Waals surface area contributed by atoms with E-state index < -0.39 is 4.92 Å². The number of aromatic nitrogens is 2. The number of rotatable bonds is 6. The van der Waals surface area contributed by atoms with Crippen LogP contribution in [0.1, 0.15) is 40.3 Å². The molecule has 0 amide bonds. The average Bonchev–Trinajstić information content (AvgIpc) is 3.40. The Morgan fingerprint density at radius 3 is 2.55 bits per heavy atom. The summed E-state index contributed by atoms with van der Waals surface area (Å²) in [7, 11) is 1.49. The highest BCUT2D eigenvalue weighted by molar-refractivity contribution is 7.80. The van der Waals surface area contributed by atoms with E-state index in [1.807, 2.05) is 41.5 Å². The summed E-state index contributed by atoms with van der Waals surface area (Å²) in [5.74, 6) is 0.105. The number of nitrogens with zero attached hydrogens (tertiary/aromatic N) is 4. The van der Waals surface area contributed by atoms with Crippen molar-refractivity contribution >= 4 is 28.7 Å². The Morgan fingerprint density at radius 1 is 1.11 bits per heavy atom. The predicted octanol–water partition coefficient (Wildman–Crippen LogP) is 6.03. The molecule has 194 valence electrons. The Labute approximate surface area is 224 Å². The molecule has 0 bridgehead atoms. The quantitative estimate of drug-likeness (QED) is 0.185.